The lowest BCUT2D eigenvalue weighted by atomic mass is 10.4. The fourth-order valence-electron chi connectivity index (χ4n) is 1.45. The van der Waals surface area contributed by atoms with E-state index in [1.165, 1.54) is 30.7 Å². The van der Waals surface area contributed by atoms with Crippen LogP contribution < -0.4 is 4.72 Å². The van der Waals surface area contributed by atoms with E-state index < -0.39 is 19.1 Å². The van der Waals surface area contributed by atoms with Crippen molar-refractivity contribution in [1.29, 1.82) is 0 Å². The molecule has 0 spiro atoms. The molecule has 0 saturated heterocycles. The molecule has 2 aromatic rings. The van der Waals surface area contributed by atoms with Crippen molar-refractivity contribution in [2.45, 2.75) is 16.3 Å². The fraction of sp³-hybridized carbons (Fsp3) is 0.0909. The third kappa shape index (κ3) is 3.60. The summed E-state index contributed by atoms with van der Waals surface area (Å²) in [6.45, 7) is 0.0384. The van der Waals surface area contributed by atoms with E-state index in [-0.39, 0.29) is 16.3 Å². The second-order valence-electron chi connectivity index (χ2n) is 3.87. The lowest BCUT2D eigenvalue weighted by Crippen LogP contribution is -2.23. The van der Waals surface area contributed by atoms with Crippen molar-refractivity contribution in [1.82, 2.24) is 4.72 Å². The van der Waals surface area contributed by atoms with Crippen LogP contribution in [0, 0.1) is 0 Å². The van der Waals surface area contributed by atoms with Gasteiger partial charge in [-0.25, -0.2) is 21.6 Å². The van der Waals surface area contributed by atoms with E-state index in [4.69, 9.17) is 15.1 Å². The Bertz CT molecular complexity index is 797. The number of nitrogens with one attached hydrogen (secondary N) is 1. The first kappa shape index (κ1) is 15.0. The summed E-state index contributed by atoms with van der Waals surface area (Å²) in [4.78, 5) is -0.451. The predicted molar refractivity (Wildman–Crippen MR) is 72.2 cm³/mol. The standard InChI is InChI=1S/C11H10ClNO5S2/c12-19(14,15)10-2-1-3-11(6-10)20(16,17)13-7-9-4-5-18-8-9/h1-6,8,13H,7H2. The predicted octanol–water partition coefficient (Wildman–Crippen LogP) is 1.69. The molecule has 1 heterocycles. The molecule has 9 heteroatoms. The molecule has 0 aliphatic heterocycles. The van der Waals surface area contributed by atoms with Crippen LogP contribution in [0.15, 0.2) is 57.1 Å². The topological polar surface area (TPSA) is 93.5 Å². The van der Waals surface area contributed by atoms with Crippen LogP contribution in [0.4, 0.5) is 0 Å². The Morgan fingerprint density at radius 2 is 1.80 bits per heavy atom. The summed E-state index contributed by atoms with van der Waals surface area (Å²) in [5.74, 6) is 0. The van der Waals surface area contributed by atoms with Gasteiger partial charge in [-0.15, -0.1) is 0 Å². The third-order valence-corrected chi connectivity index (χ3v) is 5.19. The molecule has 0 bridgehead atoms. The molecule has 1 N–H and O–H groups in total. The molecular weight excluding hydrogens is 326 g/mol. The van der Waals surface area contributed by atoms with Gasteiger partial charge >= 0.3 is 0 Å². The smallest absolute Gasteiger partial charge is 0.261 e. The summed E-state index contributed by atoms with van der Waals surface area (Å²) < 4.78 is 53.6. The number of hydrogen-bond acceptors (Lipinski definition) is 5. The van der Waals surface area contributed by atoms with Crippen LogP contribution in [0.5, 0.6) is 0 Å². The Balaban J connectivity index is 2.26. The van der Waals surface area contributed by atoms with Crippen molar-refractivity contribution in [3.63, 3.8) is 0 Å². The van der Waals surface area contributed by atoms with E-state index >= 15 is 0 Å². The summed E-state index contributed by atoms with van der Waals surface area (Å²) in [6.07, 6.45) is 2.83. The average Bonchev–Trinajstić information content (AvgIpc) is 2.89. The minimum absolute atomic E-state index is 0.0384. The summed E-state index contributed by atoms with van der Waals surface area (Å²) in [6, 6.07) is 6.42. The Hall–Kier alpha value is -1.35. The summed E-state index contributed by atoms with van der Waals surface area (Å²) in [5.41, 5.74) is 0.648. The van der Waals surface area contributed by atoms with Crippen molar-refractivity contribution in [2.75, 3.05) is 0 Å². The van der Waals surface area contributed by atoms with Crippen LogP contribution in [0.1, 0.15) is 5.56 Å². The second-order valence-corrected chi connectivity index (χ2v) is 8.20. The van der Waals surface area contributed by atoms with Gasteiger partial charge in [0.25, 0.3) is 9.05 Å². The normalized spacial score (nSPS) is 12.4. The lowest BCUT2D eigenvalue weighted by Gasteiger charge is -2.06. The Labute approximate surface area is 120 Å². The van der Waals surface area contributed by atoms with Crippen molar-refractivity contribution in [3.05, 3.63) is 48.4 Å². The maximum atomic E-state index is 12.0. The Morgan fingerprint density at radius 3 is 2.40 bits per heavy atom. The first-order valence-corrected chi connectivity index (χ1v) is 9.14. The molecule has 0 fully saturated rings. The van der Waals surface area contributed by atoms with Gasteiger partial charge in [0.05, 0.1) is 22.3 Å². The van der Waals surface area contributed by atoms with Gasteiger partial charge in [-0.2, -0.15) is 0 Å². The van der Waals surface area contributed by atoms with Crippen LogP contribution in [0.2, 0.25) is 0 Å². The van der Waals surface area contributed by atoms with Crippen molar-refractivity contribution >= 4 is 29.8 Å². The lowest BCUT2D eigenvalue weighted by molar-refractivity contribution is 0.561. The number of furan rings is 1. The van der Waals surface area contributed by atoms with Crippen LogP contribution >= 0.6 is 10.7 Å². The first-order chi connectivity index (χ1) is 9.29. The van der Waals surface area contributed by atoms with E-state index in [9.17, 15) is 16.8 Å². The van der Waals surface area contributed by atoms with Gasteiger partial charge in [-0.05, 0) is 24.3 Å². The largest absolute Gasteiger partial charge is 0.472 e. The maximum absolute atomic E-state index is 12.0. The number of benzene rings is 1. The molecule has 20 heavy (non-hydrogen) atoms. The van der Waals surface area contributed by atoms with Gasteiger partial charge in [0.2, 0.25) is 10.0 Å². The summed E-state index contributed by atoms with van der Waals surface area (Å²) in [5, 5.41) is 0. The molecule has 0 atom stereocenters. The zero-order valence-electron chi connectivity index (χ0n) is 9.98. The molecule has 1 aromatic carbocycles. The molecule has 1 aromatic heterocycles. The maximum Gasteiger partial charge on any atom is 0.261 e. The average molecular weight is 336 g/mol. The van der Waals surface area contributed by atoms with Crippen LogP contribution in [-0.4, -0.2) is 16.8 Å². The van der Waals surface area contributed by atoms with E-state index in [0.29, 0.717) is 5.56 Å². The van der Waals surface area contributed by atoms with Gasteiger partial charge < -0.3 is 4.42 Å². The molecule has 0 saturated carbocycles. The van der Waals surface area contributed by atoms with Gasteiger partial charge in [0, 0.05) is 22.8 Å². The molecule has 108 valence electrons. The number of sulfonamides is 1. The van der Waals surface area contributed by atoms with E-state index in [0.717, 1.165) is 6.07 Å². The van der Waals surface area contributed by atoms with Crippen LogP contribution in [0.3, 0.4) is 0 Å². The van der Waals surface area contributed by atoms with Gasteiger partial charge in [0.15, 0.2) is 0 Å². The van der Waals surface area contributed by atoms with Gasteiger partial charge in [0.1, 0.15) is 0 Å². The third-order valence-electron chi connectivity index (χ3n) is 2.44. The summed E-state index contributed by atoms with van der Waals surface area (Å²) in [7, 11) is -2.63. The van der Waals surface area contributed by atoms with Crippen LogP contribution in [-0.2, 0) is 25.6 Å². The number of rotatable bonds is 5. The quantitative estimate of drug-likeness (QED) is 0.839. The van der Waals surface area contributed by atoms with E-state index in [2.05, 4.69) is 4.72 Å². The number of hydrogen-bond donors (Lipinski definition) is 1. The van der Waals surface area contributed by atoms with Crippen molar-refractivity contribution in [2.24, 2.45) is 0 Å². The zero-order chi connectivity index (χ0) is 14.8. The number of halogens is 1. The Kier molecular flexibility index (Phi) is 4.19. The first-order valence-electron chi connectivity index (χ1n) is 5.34. The summed E-state index contributed by atoms with van der Waals surface area (Å²) >= 11 is 0. The minimum Gasteiger partial charge on any atom is -0.472 e. The molecule has 2 rings (SSSR count). The SMILES string of the molecule is O=S(=O)(Cl)c1cccc(S(=O)(=O)NCc2ccoc2)c1. The highest BCUT2D eigenvalue weighted by Gasteiger charge is 2.18. The molecule has 0 radical (unpaired) electrons. The zero-order valence-corrected chi connectivity index (χ0v) is 12.4. The minimum atomic E-state index is -3.98. The monoisotopic (exact) mass is 335 g/mol. The van der Waals surface area contributed by atoms with E-state index in [1.54, 1.807) is 6.07 Å². The van der Waals surface area contributed by atoms with E-state index in [1.807, 2.05) is 0 Å². The highest BCUT2D eigenvalue weighted by Crippen LogP contribution is 2.19. The highest BCUT2D eigenvalue weighted by atomic mass is 35.7. The molecule has 0 unspecified atom stereocenters. The molecular formula is C11H10ClNO5S2. The van der Waals surface area contributed by atoms with Gasteiger partial charge in [-0.3, -0.25) is 0 Å². The molecule has 6 nitrogen and oxygen atoms in total. The second kappa shape index (κ2) is 5.57. The Morgan fingerprint density at radius 1 is 1.10 bits per heavy atom. The van der Waals surface area contributed by atoms with Crippen LogP contribution in [0.25, 0.3) is 0 Å². The van der Waals surface area contributed by atoms with Crippen molar-refractivity contribution in [3.8, 4) is 0 Å². The van der Waals surface area contributed by atoms with Crippen molar-refractivity contribution < 1.29 is 21.3 Å². The highest BCUT2D eigenvalue weighted by molar-refractivity contribution is 8.13. The molecule has 0 amide bonds. The van der Waals surface area contributed by atoms with Gasteiger partial charge in [-0.1, -0.05) is 6.07 Å². The molecule has 0 aliphatic carbocycles. The molecule has 0 aliphatic rings. The fourth-order valence-corrected chi connectivity index (χ4v) is 3.38.